The SMILES string of the molecule is O=C(NI)OC[C@@H]1[C@@H]2CC/C=C\CC[C@@H]21. The van der Waals surface area contributed by atoms with E-state index < -0.39 is 0 Å². The Morgan fingerprint density at radius 2 is 1.93 bits per heavy atom. The van der Waals surface area contributed by atoms with E-state index in [1.807, 2.05) is 0 Å². The molecule has 0 saturated heterocycles. The molecule has 2 rings (SSSR count). The number of amides is 1. The molecule has 1 saturated carbocycles. The fraction of sp³-hybridized carbons (Fsp3) is 0.727. The van der Waals surface area contributed by atoms with E-state index in [0.717, 1.165) is 11.8 Å². The van der Waals surface area contributed by atoms with Gasteiger partial charge in [-0.2, -0.15) is 0 Å². The topological polar surface area (TPSA) is 38.3 Å². The van der Waals surface area contributed by atoms with Gasteiger partial charge in [0.2, 0.25) is 0 Å². The molecular weight excluding hydrogens is 305 g/mol. The molecule has 15 heavy (non-hydrogen) atoms. The summed E-state index contributed by atoms with van der Waals surface area (Å²) in [7, 11) is 0. The molecule has 1 N–H and O–H groups in total. The van der Waals surface area contributed by atoms with Gasteiger partial charge >= 0.3 is 6.09 Å². The molecule has 84 valence electrons. The monoisotopic (exact) mass is 321 g/mol. The summed E-state index contributed by atoms with van der Waals surface area (Å²) in [4.78, 5) is 10.9. The molecule has 3 atom stereocenters. The van der Waals surface area contributed by atoms with Crippen molar-refractivity contribution >= 4 is 29.0 Å². The van der Waals surface area contributed by atoms with Gasteiger partial charge in [-0.1, -0.05) is 12.2 Å². The van der Waals surface area contributed by atoms with Crippen molar-refractivity contribution in [2.24, 2.45) is 17.8 Å². The van der Waals surface area contributed by atoms with Gasteiger partial charge in [-0.15, -0.1) is 0 Å². The number of rotatable bonds is 2. The Bertz CT molecular complexity index is 251. The van der Waals surface area contributed by atoms with Crippen molar-refractivity contribution in [2.75, 3.05) is 6.61 Å². The largest absolute Gasteiger partial charge is 0.449 e. The molecule has 0 bridgehead atoms. The third-order valence-electron chi connectivity index (χ3n) is 3.49. The van der Waals surface area contributed by atoms with Gasteiger partial charge < -0.3 is 4.74 Å². The van der Waals surface area contributed by atoms with Crippen LogP contribution in [0.15, 0.2) is 12.2 Å². The summed E-state index contributed by atoms with van der Waals surface area (Å²) in [6, 6.07) is 0. The average Bonchev–Trinajstić information content (AvgIpc) is 2.85. The summed E-state index contributed by atoms with van der Waals surface area (Å²) >= 11 is 1.80. The third-order valence-corrected chi connectivity index (χ3v) is 3.93. The van der Waals surface area contributed by atoms with Crippen molar-refractivity contribution in [1.82, 2.24) is 3.53 Å². The van der Waals surface area contributed by atoms with Gasteiger partial charge in [-0.25, -0.2) is 4.79 Å². The first-order valence-electron chi connectivity index (χ1n) is 5.51. The third kappa shape index (κ3) is 2.86. The van der Waals surface area contributed by atoms with E-state index in [9.17, 15) is 4.79 Å². The van der Waals surface area contributed by atoms with Crippen LogP contribution in [0.25, 0.3) is 0 Å². The molecule has 0 radical (unpaired) electrons. The predicted octanol–water partition coefficient (Wildman–Crippen LogP) is 3.06. The Kier molecular flexibility index (Phi) is 3.88. The number of allylic oxidation sites excluding steroid dienone is 2. The molecule has 1 amide bonds. The van der Waals surface area contributed by atoms with Crippen LogP contribution in [0.5, 0.6) is 0 Å². The Morgan fingerprint density at radius 3 is 2.47 bits per heavy atom. The number of nitrogens with one attached hydrogen (secondary N) is 1. The molecule has 0 aliphatic heterocycles. The van der Waals surface area contributed by atoms with Crippen LogP contribution in [-0.4, -0.2) is 12.7 Å². The van der Waals surface area contributed by atoms with E-state index in [1.165, 1.54) is 25.7 Å². The van der Waals surface area contributed by atoms with E-state index in [1.54, 1.807) is 22.9 Å². The van der Waals surface area contributed by atoms with Gasteiger partial charge in [0.15, 0.2) is 0 Å². The molecular formula is C11H16INO2. The zero-order chi connectivity index (χ0) is 10.7. The van der Waals surface area contributed by atoms with E-state index in [-0.39, 0.29) is 6.09 Å². The summed E-state index contributed by atoms with van der Waals surface area (Å²) in [5, 5.41) is 0. The second kappa shape index (κ2) is 5.18. The van der Waals surface area contributed by atoms with Gasteiger partial charge in [0.1, 0.15) is 0 Å². The van der Waals surface area contributed by atoms with Gasteiger partial charge in [-0.3, -0.25) is 3.53 Å². The molecule has 4 heteroatoms. The maximum atomic E-state index is 10.9. The maximum Gasteiger partial charge on any atom is 0.415 e. The highest BCUT2D eigenvalue weighted by atomic mass is 127. The molecule has 0 aromatic heterocycles. The summed E-state index contributed by atoms with van der Waals surface area (Å²) in [5.74, 6) is 2.23. The molecule has 0 unspecified atom stereocenters. The van der Waals surface area contributed by atoms with Crippen LogP contribution in [0.2, 0.25) is 0 Å². The van der Waals surface area contributed by atoms with Gasteiger partial charge in [0, 0.05) is 0 Å². The van der Waals surface area contributed by atoms with Crippen LogP contribution in [0, 0.1) is 17.8 Å². The van der Waals surface area contributed by atoms with Crippen molar-refractivity contribution in [3.05, 3.63) is 12.2 Å². The van der Waals surface area contributed by atoms with Crippen molar-refractivity contribution in [2.45, 2.75) is 25.7 Å². The molecule has 0 heterocycles. The van der Waals surface area contributed by atoms with Gasteiger partial charge in [0.05, 0.1) is 29.5 Å². The summed E-state index contributed by atoms with van der Waals surface area (Å²) in [6.07, 6.45) is 9.16. The number of hydrogen-bond donors (Lipinski definition) is 1. The van der Waals surface area contributed by atoms with Crippen LogP contribution in [-0.2, 0) is 4.74 Å². The molecule has 0 spiro atoms. The molecule has 0 aromatic carbocycles. The Morgan fingerprint density at radius 1 is 1.33 bits per heavy atom. The van der Waals surface area contributed by atoms with Crippen LogP contribution < -0.4 is 3.53 Å². The minimum atomic E-state index is -0.312. The second-order valence-electron chi connectivity index (χ2n) is 4.31. The summed E-state index contributed by atoms with van der Waals surface area (Å²) in [6.45, 7) is 0.601. The number of carbonyl (C=O) groups excluding carboxylic acids is 1. The molecule has 3 nitrogen and oxygen atoms in total. The molecule has 1 fully saturated rings. The standard InChI is InChI=1S/C11H16INO2/c12-13-11(14)15-7-10-8-5-3-1-2-4-6-9(8)10/h1-2,8-10H,3-7H2,(H,13,14)/b2-1-/t8-,9+,10-. The Hall–Kier alpha value is -0.260. The van der Waals surface area contributed by atoms with Crippen molar-refractivity contribution < 1.29 is 9.53 Å². The number of carbonyl (C=O) groups is 1. The quantitative estimate of drug-likeness (QED) is 0.482. The Balaban J connectivity index is 1.75. The first-order chi connectivity index (χ1) is 7.33. The Labute approximate surface area is 104 Å². The van der Waals surface area contributed by atoms with Gasteiger partial charge in [0.25, 0.3) is 0 Å². The lowest BCUT2D eigenvalue weighted by molar-refractivity contribution is 0.145. The van der Waals surface area contributed by atoms with E-state index in [2.05, 4.69) is 15.7 Å². The predicted molar refractivity (Wildman–Crippen MR) is 66.6 cm³/mol. The highest BCUT2D eigenvalue weighted by Gasteiger charge is 2.49. The summed E-state index contributed by atoms with van der Waals surface area (Å²) in [5.41, 5.74) is 0. The van der Waals surface area contributed by atoms with Crippen LogP contribution in [0.1, 0.15) is 25.7 Å². The van der Waals surface area contributed by atoms with Crippen molar-refractivity contribution in [3.63, 3.8) is 0 Å². The molecule has 2 aliphatic carbocycles. The summed E-state index contributed by atoms with van der Waals surface area (Å²) < 4.78 is 7.56. The lowest BCUT2D eigenvalue weighted by Crippen LogP contribution is -2.15. The lowest BCUT2D eigenvalue weighted by Gasteiger charge is -2.01. The van der Waals surface area contributed by atoms with Crippen molar-refractivity contribution in [3.8, 4) is 0 Å². The molecule has 2 aliphatic rings. The lowest BCUT2D eigenvalue weighted by atomic mass is 10.1. The fourth-order valence-electron chi connectivity index (χ4n) is 2.64. The maximum absolute atomic E-state index is 10.9. The van der Waals surface area contributed by atoms with Gasteiger partial charge in [-0.05, 0) is 43.4 Å². The van der Waals surface area contributed by atoms with E-state index in [4.69, 9.17) is 4.74 Å². The number of ether oxygens (including phenoxy) is 1. The van der Waals surface area contributed by atoms with Crippen LogP contribution in [0.4, 0.5) is 4.79 Å². The minimum absolute atomic E-state index is 0.312. The van der Waals surface area contributed by atoms with Crippen LogP contribution >= 0.6 is 22.9 Å². The number of fused-ring (bicyclic) bond motifs is 1. The molecule has 0 aromatic rings. The minimum Gasteiger partial charge on any atom is -0.449 e. The highest BCUT2D eigenvalue weighted by molar-refractivity contribution is 14.1. The highest BCUT2D eigenvalue weighted by Crippen LogP contribution is 2.52. The first kappa shape index (κ1) is 11.2. The average molecular weight is 321 g/mol. The van der Waals surface area contributed by atoms with E-state index in [0.29, 0.717) is 12.5 Å². The fourth-order valence-corrected chi connectivity index (χ4v) is 2.80. The zero-order valence-electron chi connectivity index (χ0n) is 8.62. The second-order valence-corrected chi connectivity index (χ2v) is 4.85. The van der Waals surface area contributed by atoms with Crippen LogP contribution in [0.3, 0.4) is 0 Å². The van der Waals surface area contributed by atoms with Crippen molar-refractivity contribution in [1.29, 1.82) is 0 Å². The van der Waals surface area contributed by atoms with E-state index >= 15 is 0 Å². The number of hydrogen-bond acceptors (Lipinski definition) is 2. The number of halogens is 1. The first-order valence-corrected chi connectivity index (χ1v) is 6.59. The smallest absolute Gasteiger partial charge is 0.415 e. The zero-order valence-corrected chi connectivity index (χ0v) is 10.8. The normalized spacial score (nSPS) is 35.7.